The van der Waals surface area contributed by atoms with Gasteiger partial charge in [0.2, 0.25) is 0 Å². The molecular formula is C31H35N3O2. The molecule has 1 N–H and O–H groups in total. The number of carbonyl (C=O) groups is 1. The van der Waals surface area contributed by atoms with E-state index in [0.29, 0.717) is 6.54 Å². The first-order valence-electron chi connectivity index (χ1n) is 12.9. The number of amides is 1. The van der Waals surface area contributed by atoms with Gasteiger partial charge < -0.3 is 19.5 Å². The number of benzene rings is 3. The van der Waals surface area contributed by atoms with E-state index in [-0.39, 0.29) is 17.9 Å². The largest absolute Gasteiger partial charge is 0.376 e. The molecule has 5 nitrogen and oxygen atoms in total. The van der Waals surface area contributed by atoms with Crippen molar-refractivity contribution < 1.29 is 9.53 Å². The Kier molecular flexibility index (Phi) is 7.49. The predicted molar refractivity (Wildman–Crippen MR) is 146 cm³/mol. The van der Waals surface area contributed by atoms with Crippen molar-refractivity contribution in [2.24, 2.45) is 0 Å². The number of nitrogens with one attached hydrogen (secondary N) is 1. The molecule has 4 aromatic rings. The first-order chi connectivity index (χ1) is 17.6. The van der Waals surface area contributed by atoms with E-state index in [1.165, 1.54) is 11.1 Å². The summed E-state index contributed by atoms with van der Waals surface area (Å²) in [6, 6.07) is 29.5. The van der Waals surface area contributed by atoms with Crippen molar-refractivity contribution in [1.82, 2.24) is 14.8 Å². The van der Waals surface area contributed by atoms with E-state index >= 15 is 0 Å². The highest BCUT2D eigenvalue weighted by molar-refractivity contribution is 6.03. The van der Waals surface area contributed by atoms with Crippen LogP contribution in [-0.4, -0.2) is 55.3 Å². The number of fused-ring (bicyclic) bond motifs is 1. The van der Waals surface area contributed by atoms with Crippen molar-refractivity contribution in [3.63, 3.8) is 0 Å². The van der Waals surface area contributed by atoms with Crippen LogP contribution in [0, 0.1) is 0 Å². The van der Waals surface area contributed by atoms with Crippen molar-refractivity contribution in [2.45, 2.75) is 31.4 Å². The Morgan fingerprint density at radius 3 is 2.22 bits per heavy atom. The normalized spacial score (nSPS) is 15.7. The third-order valence-electron chi connectivity index (χ3n) is 7.06. The Morgan fingerprint density at radius 1 is 0.972 bits per heavy atom. The van der Waals surface area contributed by atoms with E-state index in [1.807, 2.05) is 12.1 Å². The van der Waals surface area contributed by atoms with Gasteiger partial charge in [0.05, 0.1) is 6.10 Å². The van der Waals surface area contributed by atoms with Crippen LogP contribution in [0.4, 0.5) is 0 Å². The lowest BCUT2D eigenvalue weighted by molar-refractivity contribution is 0.0849. The monoisotopic (exact) mass is 481 g/mol. The lowest BCUT2D eigenvalue weighted by atomic mass is 9.83. The van der Waals surface area contributed by atoms with Crippen LogP contribution in [0.1, 0.15) is 45.9 Å². The molecule has 1 aliphatic heterocycles. The average molecular weight is 482 g/mol. The molecule has 1 aliphatic rings. The second-order valence-corrected chi connectivity index (χ2v) is 9.83. The van der Waals surface area contributed by atoms with Crippen LogP contribution >= 0.6 is 0 Å². The van der Waals surface area contributed by atoms with Gasteiger partial charge in [0.1, 0.15) is 5.69 Å². The highest BCUT2D eigenvalue weighted by Crippen LogP contribution is 2.40. The molecule has 1 saturated heterocycles. The van der Waals surface area contributed by atoms with Crippen LogP contribution in [-0.2, 0) is 11.3 Å². The fourth-order valence-electron chi connectivity index (χ4n) is 5.31. The van der Waals surface area contributed by atoms with E-state index in [0.717, 1.165) is 54.7 Å². The topological polar surface area (TPSA) is 46.5 Å². The van der Waals surface area contributed by atoms with Crippen LogP contribution in [0.3, 0.4) is 0 Å². The van der Waals surface area contributed by atoms with Gasteiger partial charge in [0, 0.05) is 48.6 Å². The van der Waals surface area contributed by atoms with E-state index in [1.54, 1.807) is 0 Å². The first-order valence-corrected chi connectivity index (χ1v) is 12.9. The summed E-state index contributed by atoms with van der Waals surface area (Å²) in [5, 5.41) is 4.35. The molecule has 0 aliphatic carbocycles. The number of carbonyl (C=O) groups excluding carboxylic acids is 1. The van der Waals surface area contributed by atoms with Crippen molar-refractivity contribution in [3.05, 3.63) is 107 Å². The van der Waals surface area contributed by atoms with Gasteiger partial charge in [0.25, 0.3) is 5.91 Å². The third-order valence-corrected chi connectivity index (χ3v) is 7.06. The zero-order valence-electron chi connectivity index (χ0n) is 21.2. The standard InChI is InChI=1S/C31H35N3O2/c1-33(2)19-20-34-27-18-10-9-17-26(27)29(30(34)31(35)32-22-25-16-11-21-36-25)28(23-12-5-3-6-13-23)24-14-7-4-8-15-24/h3-10,12-15,17-18,25,28H,11,16,19-22H2,1-2H3,(H,32,35). The van der Waals surface area contributed by atoms with Gasteiger partial charge in [-0.15, -0.1) is 0 Å². The summed E-state index contributed by atoms with van der Waals surface area (Å²) in [6.45, 7) is 2.88. The number of hydrogen-bond donors (Lipinski definition) is 1. The van der Waals surface area contributed by atoms with Crippen LogP contribution in [0.2, 0.25) is 0 Å². The van der Waals surface area contributed by atoms with Crippen molar-refractivity contribution in [3.8, 4) is 0 Å². The lowest BCUT2D eigenvalue weighted by Crippen LogP contribution is -2.34. The molecule has 36 heavy (non-hydrogen) atoms. The number of para-hydroxylation sites is 1. The van der Waals surface area contributed by atoms with E-state index < -0.39 is 0 Å². The van der Waals surface area contributed by atoms with Crippen molar-refractivity contribution in [2.75, 3.05) is 33.8 Å². The molecule has 0 radical (unpaired) electrons. The summed E-state index contributed by atoms with van der Waals surface area (Å²) in [6.07, 6.45) is 2.14. The minimum absolute atomic E-state index is 0.0349. The zero-order chi connectivity index (χ0) is 24.9. The molecule has 0 spiro atoms. The maximum absolute atomic E-state index is 14.0. The minimum Gasteiger partial charge on any atom is -0.376 e. The molecule has 2 heterocycles. The highest BCUT2D eigenvalue weighted by atomic mass is 16.5. The number of hydrogen-bond acceptors (Lipinski definition) is 3. The van der Waals surface area contributed by atoms with Gasteiger partial charge in [-0.2, -0.15) is 0 Å². The summed E-state index contributed by atoms with van der Waals surface area (Å²) in [7, 11) is 4.14. The molecular weight excluding hydrogens is 446 g/mol. The van der Waals surface area contributed by atoms with E-state index in [2.05, 4.69) is 102 Å². The van der Waals surface area contributed by atoms with Gasteiger partial charge >= 0.3 is 0 Å². The minimum atomic E-state index is -0.0682. The number of ether oxygens (including phenoxy) is 1. The molecule has 186 valence electrons. The predicted octanol–water partition coefficient (Wildman–Crippen LogP) is 5.29. The van der Waals surface area contributed by atoms with Crippen LogP contribution in [0.5, 0.6) is 0 Å². The number of likely N-dealkylation sites (N-methyl/N-ethyl adjacent to an activating group) is 1. The Hall–Kier alpha value is -3.41. The van der Waals surface area contributed by atoms with E-state index in [9.17, 15) is 4.79 Å². The quantitative estimate of drug-likeness (QED) is 0.353. The van der Waals surface area contributed by atoms with Crippen LogP contribution < -0.4 is 5.32 Å². The molecule has 5 heteroatoms. The van der Waals surface area contributed by atoms with Gasteiger partial charge in [-0.1, -0.05) is 78.9 Å². The maximum atomic E-state index is 14.0. The Morgan fingerprint density at radius 2 is 1.61 bits per heavy atom. The molecule has 1 fully saturated rings. The lowest BCUT2D eigenvalue weighted by Gasteiger charge is -2.22. The molecule has 1 atom stereocenters. The second kappa shape index (κ2) is 11.1. The molecule has 5 rings (SSSR count). The molecule has 1 amide bonds. The SMILES string of the molecule is CN(C)CCn1c(C(=O)NCC2CCCO2)c(C(c2ccccc2)c2ccccc2)c2ccccc21. The molecule has 3 aromatic carbocycles. The molecule has 1 aromatic heterocycles. The number of nitrogens with zero attached hydrogens (tertiary/aromatic N) is 2. The van der Waals surface area contributed by atoms with Crippen LogP contribution in [0.25, 0.3) is 10.9 Å². The number of rotatable bonds is 9. The highest BCUT2D eigenvalue weighted by Gasteiger charge is 2.30. The molecule has 0 bridgehead atoms. The van der Waals surface area contributed by atoms with Gasteiger partial charge in [-0.25, -0.2) is 0 Å². The second-order valence-electron chi connectivity index (χ2n) is 9.83. The van der Waals surface area contributed by atoms with E-state index in [4.69, 9.17) is 4.74 Å². The third kappa shape index (κ3) is 5.08. The van der Waals surface area contributed by atoms with Crippen molar-refractivity contribution >= 4 is 16.8 Å². The average Bonchev–Trinajstić information content (AvgIpc) is 3.54. The first kappa shape index (κ1) is 24.3. The van der Waals surface area contributed by atoms with Gasteiger partial charge in [-0.3, -0.25) is 4.79 Å². The fourth-order valence-corrected chi connectivity index (χ4v) is 5.31. The van der Waals surface area contributed by atoms with Crippen LogP contribution in [0.15, 0.2) is 84.9 Å². The zero-order valence-corrected chi connectivity index (χ0v) is 21.2. The molecule has 1 unspecified atom stereocenters. The van der Waals surface area contributed by atoms with Crippen molar-refractivity contribution in [1.29, 1.82) is 0 Å². The fraction of sp³-hybridized carbons (Fsp3) is 0.323. The summed E-state index contributed by atoms with van der Waals surface area (Å²) < 4.78 is 8.01. The summed E-state index contributed by atoms with van der Waals surface area (Å²) in [5.74, 6) is -0.103. The maximum Gasteiger partial charge on any atom is 0.268 e. The van der Waals surface area contributed by atoms with Gasteiger partial charge in [-0.05, 0) is 44.1 Å². The summed E-state index contributed by atoms with van der Waals surface area (Å²) >= 11 is 0. The Balaban J connectivity index is 1.70. The molecule has 0 saturated carbocycles. The summed E-state index contributed by atoms with van der Waals surface area (Å²) in [5.41, 5.74) is 5.24. The van der Waals surface area contributed by atoms with Gasteiger partial charge in [0.15, 0.2) is 0 Å². The smallest absolute Gasteiger partial charge is 0.268 e. The number of aromatic nitrogens is 1. The Labute approximate surface area is 213 Å². The summed E-state index contributed by atoms with van der Waals surface area (Å²) in [4.78, 5) is 16.2. The Bertz CT molecular complexity index is 1250.